The lowest BCUT2D eigenvalue weighted by atomic mass is 9.99. The van der Waals surface area contributed by atoms with Gasteiger partial charge in [-0.1, -0.05) is 30.7 Å². The fourth-order valence-electron chi connectivity index (χ4n) is 3.19. The van der Waals surface area contributed by atoms with Gasteiger partial charge in [0.1, 0.15) is 0 Å². The lowest BCUT2D eigenvalue weighted by Crippen LogP contribution is -2.47. The number of rotatable bonds is 5. The highest BCUT2D eigenvalue weighted by molar-refractivity contribution is 6.30. The van der Waals surface area contributed by atoms with Crippen LogP contribution in [0.1, 0.15) is 44.6 Å². The third kappa shape index (κ3) is 4.36. The molecule has 0 N–H and O–H groups in total. The maximum atomic E-state index is 6.11. The summed E-state index contributed by atoms with van der Waals surface area (Å²) in [7, 11) is 2.17. The molecule has 1 aliphatic rings. The van der Waals surface area contributed by atoms with Gasteiger partial charge in [0.15, 0.2) is 5.82 Å². The Morgan fingerprint density at radius 2 is 1.73 bits per heavy atom. The monoisotopic (exact) mass is 398 g/mol. The van der Waals surface area contributed by atoms with Gasteiger partial charge in [0.05, 0.1) is 11.6 Å². The van der Waals surface area contributed by atoms with E-state index in [1.54, 1.807) is 0 Å². The molecule has 1 aromatic heterocycles. The first-order valence-electron chi connectivity index (χ1n) is 8.89. The van der Waals surface area contributed by atoms with Crippen LogP contribution < -0.4 is 0 Å². The maximum absolute atomic E-state index is 6.11. The summed E-state index contributed by atoms with van der Waals surface area (Å²) in [6.45, 7) is 10.6. The summed E-state index contributed by atoms with van der Waals surface area (Å²) >= 11 is 6.11. The molecule has 8 heteroatoms. The molecule has 2 heterocycles. The van der Waals surface area contributed by atoms with E-state index in [0.29, 0.717) is 0 Å². The lowest BCUT2D eigenvalue weighted by Gasteiger charge is -2.38. The van der Waals surface area contributed by atoms with Crippen molar-refractivity contribution in [3.8, 4) is 0 Å². The third-order valence-corrected chi connectivity index (χ3v) is 5.52. The van der Waals surface area contributed by atoms with Gasteiger partial charge < -0.3 is 4.90 Å². The number of halogens is 2. The number of tetrazole rings is 1. The van der Waals surface area contributed by atoms with Crippen molar-refractivity contribution >= 4 is 24.0 Å². The van der Waals surface area contributed by atoms with E-state index in [-0.39, 0.29) is 24.0 Å². The Morgan fingerprint density at radius 3 is 2.31 bits per heavy atom. The third-order valence-electron chi connectivity index (χ3n) is 5.27. The van der Waals surface area contributed by atoms with Gasteiger partial charge in [-0.25, -0.2) is 4.68 Å². The maximum Gasteiger partial charge on any atom is 0.173 e. The van der Waals surface area contributed by atoms with Crippen LogP contribution in [0, 0.1) is 0 Å². The Balaban J connectivity index is 0.00000243. The van der Waals surface area contributed by atoms with Crippen LogP contribution in [0.2, 0.25) is 5.02 Å². The quantitative estimate of drug-likeness (QED) is 0.773. The first-order valence-corrected chi connectivity index (χ1v) is 9.27. The summed E-state index contributed by atoms with van der Waals surface area (Å²) in [6, 6.07) is 8.09. The van der Waals surface area contributed by atoms with Crippen molar-refractivity contribution in [3.05, 3.63) is 40.7 Å². The van der Waals surface area contributed by atoms with Crippen LogP contribution >= 0.6 is 24.0 Å². The molecule has 1 unspecified atom stereocenters. The van der Waals surface area contributed by atoms with Gasteiger partial charge in [0, 0.05) is 31.2 Å². The number of likely N-dealkylation sites (N-methyl/N-ethyl adjacent to an activating group) is 1. The second kappa shape index (κ2) is 8.65. The number of hydrogen-bond acceptors (Lipinski definition) is 5. The smallest absolute Gasteiger partial charge is 0.173 e. The van der Waals surface area contributed by atoms with Gasteiger partial charge in [0.2, 0.25) is 0 Å². The molecule has 0 saturated carbocycles. The van der Waals surface area contributed by atoms with Gasteiger partial charge in [-0.2, -0.15) is 0 Å². The van der Waals surface area contributed by atoms with Crippen molar-refractivity contribution in [1.82, 2.24) is 30.0 Å². The zero-order chi connectivity index (χ0) is 18.0. The minimum absolute atomic E-state index is 0. The minimum atomic E-state index is -0.129. The van der Waals surface area contributed by atoms with Crippen LogP contribution in [0.25, 0.3) is 0 Å². The lowest BCUT2D eigenvalue weighted by molar-refractivity contribution is 0.117. The van der Waals surface area contributed by atoms with Gasteiger partial charge >= 0.3 is 0 Å². The van der Waals surface area contributed by atoms with E-state index in [0.717, 1.165) is 43.4 Å². The number of benzene rings is 1. The molecule has 0 aliphatic carbocycles. The van der Waals surface area contributed by atoms with Crippen molar-refractivity contribution in [3.63, 3.8) is 0 Å². The molecule has 26 heavy (non-hydrogen) atoms. The van der Waals surface area contributed by atoms with Crippen molar-refractivity contribution in [2.75, 3.05) is 33.2 Å². The SMILES string of the molecule is CCC(C)(C)n1nnnc1C(c1ccc(Cl)cc1)N1CCN(C)CC1.Cl. The Hall–Kier alpha value is -1.21. The fraction of sp³-hybridized carbons (Fsp3) is 0.611. The van der Waals surface area contributed by atoms with Crippen LogP contribution in [0.5, 0.6) is 0 Å². The number of aromatic nitrogens is 4. The van der Waals surface area contributed by atoms with Crippen molar-refractivity contribution in [1.29, 1.82) is 0 Å². The molecule has 1 atom stereocenters. The van der Waals surface area contributed by atoms with E-state index < -0.39 is 0 Å². The van der Waals surface area contributed by atoms with Gasteiger partial charge in [0.25, 0.3) is 0 Å². The van der Waals surface area contributed by atoms with Gasteiger partial charge in [-0.15, -0.1) is 17.5 Å². The molecular weight excluding hydrogens is 371 g/mol. The predicted molar refractivity (Wildman–Crippen MR) is 107 cm³/mol. The molecule has 1 aromatic carbocycles. The summed E-state index contributed by atoms with van der Waals surface area (Å²) in [5, 5.41) is 13.5. The van der Waals surface area contributed by atoms with Crippen LogP contribution in [0.3, 0.4) is 0 Å². The predicted octanol–water partition coefficient (Wildman–Crippen LogP) is 3.23. The molecule has 3 rings (SSSR count). The van der Waals surface area contributed by atoms with Crippen LogP contribution in [-0.4, -0.2) is 63.2 Å². The Kier molecular flexibility index (Phi) is 7.02. The standard InChI is InChI=1S/C18H27ClN6.ClH/c1-5-18(2,3)25-17(20-21-22-25)16(14-6-8-15(19)9-7-14)24-12-10-23(4)11-13-24;/h6-9,16H,5,10-13H2,1-4H3;1H. The van der Waals surface area contributed by atoms with Crippen molar-refractivity contribution in [2.24, 2.45) is 0 Å². The largest absolute Gasteiger partial charge is 0.304 e. The molecule has 2 aromatic rings. The average molecular weight is 399 g/mol. The van der Waals surface area contributed by atoms with Crippen LogP contribution in [-0.2, 0) is 5.54 Å². The highest BCUT2D eigenvalue weighted by Gasteiger charge is 2.33. The molecule has 1 aliphatic heterocycles. The molecule has 0 amide bonds. The minimum Gasteiger partial charge on any atom is -0.304 e. The van der Waals surface area contributed by atoms with Crippen molar-refractivity contribution < 1.29 is 0 Å². The highest BCUT2D eigenvalue weighted by atomic mass is 35.5. The molecule has 0 bridgehead atoms. The Bertz CT molecular complexity index is 692. The van der Waals surface area contributed by atoms with E-state index in [1.165, 1.54) is 5.56 Å². The molecule has 0 radical (unpaired) electrons. The second-order valence-electron chi connectivity index (χ2n) is 7.41. The summed E-state index contributed by atoms with van der Waals surface area (Å²) < 4.78 is 1.99. The zero-order valence-electron chi connectivity index (χ0n) is 15.9. The molecule has 1 saturated heterocycles. The first-order chi connectivity index (χ1) is 11.9. The van der Waals surface area contributed by atoms with Crippen LogP contribution in [0.15, 0.2) is 24.3 Å². The van der Waals surface area contributed by atoms with E-state index >= 15 is 0 Å². The van der Waals surface area contributed by atoms with Gasteiger partial charge in [-0.3, -0.25) is 4.90 Å². The van der Waals surface area contributed by atoms with Crippen LogP contribution in [0.4, 0.5) is 0 Å². The van der Waals surface area contributed by atoms with E-state index in [2.05, 4.69) is 65.3 Å². The summed E-state index contributed by atoms with van der Waals surface area (Å²) in [4.78, 5) is 4.82. The average Bonchev–Trinajstić information content (AvgIpc) is 3.09. The normalized spacial score (nSPS) is 17.7. The number of nitrogens with zero attached hydrogens (tertiary/aromatic N) is 6. The van der Waals surface area contributed by atoms with E-state index in [9.17, 15) is 0 Å². The number of hydrogen-bond donors (Lipinski definition) is 0. The highest BCUT2D eigenvalue weighted by Crippen LogP contribution is 2.31. The molecule has 6 nitrogen and oxygen atoms in total. The van der Waals surface area contributed by atoms with E-state index in [1.807, 2.05) is 16.8 Å². The zero-order valence-corrected chi connectivity index (χ0v) is 17.5. The second-order valence-corrected chi connectivity index (χ2v) is 7.84. The molecule has 0 spiro atoms. The first kappa shape index (κ1) is 21.1. The fourth-order valence-corrected chi connectivity index (χ4v) is 3.32. The molecular formula is C18H28Cl2N6. The summed E-state index contributed by atoms with van der Waals surface area (Å²) in [6.07, 6.45) is 0.959. The summed E-state index contributed by atoms with van der Waals surface area (Å²) in [5.41, 5.74) is 1.05. The molecule has 1 fully saturated rings. The van der Waals surface area contributed by atoms with E-state index in [4.69, 9.17) is 11.6 Å². The van der Waals surface area contributed by atoms with Gasteiger partial charge in [-0.05, 0) is 55.4 Å². The van der Waals surface area contributed by atoms with Crippen molar-refractivity contribution in [2.45, 2.75) is 38.8 Å². The molecule has 144 valence electrons. The topological polar surface area (TPSA) is 50.1 Å². The Morgan fingerprint density at radius 1 is 1.12 bits per heavy atom. The summed E-state index contributed by atoms with van der Waals surface area (Å²) in [5.74, 6) is 0.902. The number of piperazine rings is 1. The Labute approximate surface area is 166 Å².